The lowest BCUT2D eigenvalue weighted by Crippen LogP contribution is -2.08. The Morgan fingerprint density at radius 1 is 1.06 bits per heavy atom. The third kappa shape index (κ3) is 4.67. The highest BCUT2D eigenvalue weighted by atomic mass is 35.5. The van der Waals surface area contributed by atoms with E-state index in [1.54, 1.807) is 24.5 Å². The Kier molecular flexibility index (Phi) is 6.54. The van der Waals surface area contributed by atoms with Gasteiger partial charge < -0.3 is 14.5 Å². The zero-order valence-corrected chi connectivity index (χ0v) is 19.1. The number of ether oxygens (including phenoxy) is 1. The predicted molar refractivity (Wildman–Crippen MR) is 132 cm³/mol. The zero-order chi connectivity index (χ0) is 22.7. The molecule has 0 aliphatic heterocycles. The fraction of sp³-hybridized carbons (Fsp3) is 0.115. The first-order chi connectivity index (χ1) is 15.5. The van der Waals surface area contributed by atoms with Crippen LogP contribution in [0.4, 0.5) is 5.69 Å². The molecule has 0 spiro atoms. The van der Waals surface area contributed by atoms with Crippen molar-refractivity contribution >= 4 is 51.3 Å². The van der Waals surface area contributed by atoms with Gasteiger partial charge in [-0.25, -0.2) is 0 Å². The molecular weight excluding hydrogens is 445 g/mol. The highest BCUT2D eigenvalue weighted by molar-refractivity contribution is 6.36. The lowest BCUT2D eigenvalue weighted by molar-refractivity contribution is -0.111. The average Bonchev–Trinajstić information content (AvgIpc) is 3.16. The van der Waals surface area contributed by atoms with Crippen molar-refractivity contribution in [2.24, 2.45) is 0 Å². The van der Waals surface area contributed by atoms with Gasteiger partial charge in [0.05, 0.1) is 17.9 Å². The molecule has 6 heteroatoms. The van der Waals surface area contributed by atoms with E-state index in [4.69, 9.17) is 32.4 Å². The van der Waals surface area contributed by atoms with E-state index in [1.165, 1.54) is 0 Å². The van der Waals surface area contributed by atoms with Crippen molar-refractivity contribution in [3.63, 3.8) is 0 Å². The number of halogens is 2. The SMILES string of the molecule is CCOc1cc2occ(-c3ccc(Cl)cc3Cl)c2cc1/C(C)=C/C(=O)Nc1ccccc1. The van der Waals surface area contributed by atoms with Crippen molar-refractivity contribution in [2.45, 2.75) is 13.8 Å². The van der Waals surface area contributed by atoms with Crippen LogP contribution in [0.2, 0.25) is 10.0 Å². The lowest BCUT2D eigenvalue weighted by atomic mass is 9.99. The van der Waals surface area contributed by atoms with Crippen LogP contribution < -0.4 is 10.1 Å². The van der Waals surface area contributed by atoms with Gasteiger partial charge in [-0.05, 0) is 49.8 Å². The van der Waals surface area contributed by atoms with Gasteiger partial charge in [-0.3, -0.25) is 4.79 Å². The van der Waals surface area contributed by atoms with Gasteiger partial charge in [-0.2, -0.15) is 0 Å². The molecule has 4 aromatic rings. The first-order valence-electron chi connectivity index (χ1n) is 10.1. The predicted octanol–water partition coefficient (Wildman–Crippen LogP) is 7.85. The molecule has 0 bridgehead atoms. The second-order valence-electron chi connectivity index (χ2n) is 7.23. The summed E-state index contributed by atoms with van der Waals surface area (Å²) >= 11 is 12.5. The van der Waals surface area contributed by atoms with Crippen molar-refractivity contribution in [3.8, 4) is 16.9 Å². The zero-order valence-electron chi connectivity index (χ0n) is 17.6. The van der Waals surface area contributed by atoms with E-state index in [0.29, 0.717) is 28.0 Å². The number of para-hydroxylation sites is 1. The maximum absolute atomic E-state index is 12.6. The summed E-state index contributed by atoms with van der Waals surface area (Å²) in [7, 11) is 0. The third-order valence-corrected chi connectivity index (χ3v) is 5.56. The Balaban J connectivity index is 1.76. The first kappa shape index (κ1) is 22.0. The van der Waals surface area contributed by atoms with Crippen LogP contribution in [0.25, 0.3) is 27.7 Å². The van der Waals surface area contributed by atoms with Crippen LogP contribution in [0.15, 0.2) is 77.4 Å². The smallest absolute Gasteiger partial charge is 0.248 e. The molecule has 32 heavy (non-hydrogen) atoms. The van der Waals surface area contributed by atoms with Gasteiger partial charge >= 0.3 is 0 Å². The molecular formula is C26H21Cl2NO3. The number of hydrogen-bond acceptors (Lipinski definition) is 3. The molecule has 0 saturated carbocycles. The molecule has 0 atom stereocenters. The summed E-state index contributed by atoms with van der Waals surface area (Å²) in [6, 6.07) is 18.5. The van der Waals surface area contributed by atoms with Gasteiger partial charge in [0.1, 0.15) is 11.3 Å². The molecule has 0 unspecified atom stereocenters. The minimum absolute atomic E-state index is 0.218. The highest BCUT2D eigenvalue weighted by Gasteiger charge is 2.17. The van der Waals surface area contributed by atoms with E-state index >= 15 is 0 Å². The van der Waals surface area contributed by atoms with Gasteiger partial charge in [0.25, 0.3) is 0 Å². The molecule has 0 radical (unpaired) electrons. The fourth-order valence-electron chi connectivity index (χ4n) is 3.53. The maximum Gasteiger partial charge on any atom is 0.248 e. The van der Waals surface area contributed by atoms with Crippen molar-refractivity contribution < 1.29 is 13.9 Å². The molecule has 1 amide bonds. The molecule has 1 N–H and O–H groups in total. The summed E-state index contributed by atoms with van der Waals surface area (Å²) < 4.78 is 11.6. The van der Waals surface area contributed by atoms with Crippen molar-refractivity contribution in [1.82, 2.24) is 0 Å². The van der Waals surface area contributed by atoms with Gasteiger partial charge in [-0.15, -0.1) is 0 Å². The topological polar surface area (TPSA) is 51.5 Å². The van der Waals surface area contributed by atoms with E-state index in [0.717, 1.165) is 33.3 Å². The number of furan rings is 1. The Labute approximate surface area is 196 Å². The average molecular weight is 466 g/mol. The number of amides is 1. The van der Waals surface area contributed by atoms with E-state index < -0.39 is 0 Å². The monoisotopic (exact) mass is 465 g/mol. The quantitative estimate of drug-likeness (QED) is 0.295. The van der Waals surface area contributed by atoms with Gasteiger partial charge in [0, 0.05) is 44.9 Å². The summed E-state index contributed by atoms with van der Waals surface area (Å²) in [5, 5.41) is 4.83. The molecule has 4 rings (SSSR count). The lowest BCUT2D eigenvalue weighted by Gasteiger charge is -2.12. The van der Waals surface area contributed by atoms with Crippen molar-refractivity contribution in [3.05, 3.63) is 88.6 Å². The minimum Gasteiger partial charge on any atom is -0.493 e. The van der Waals surface area contributed by atoms with E-state index in [2.05, 4.69) is 5.32 Å². The Bertz CT molecular complexity index is 1310. The summed E-state index contributed by atoms with van der Waals surface area (Å²) in [5.41, 5.74) is 4.62. The number of carbonyl (C=O) groups excluding carboxylic acids is 1. The minimum atomic E-state index is -0.218. The maximum atomic E-state index is 12.6. The number of rotatable bonds is 6. The van der Waals surface area contributed by atoms with Gasteiger partial charge in [-0.1, -0.05) is 47.5 Å². The molecule has 0 fully saturated rings. The van der Waals surface area contributed by atoms with Crippen molar-refractivity contribution in [2.75, 3.05) is 11.9 Å². The fourth-order valence-corrected chi connectivity index (χ4v) is 4.04. The van der Waals surface area contributed by atoms with Crippen LogP contribution in [0.5, 0.6) is 5.75 Å². The number of anilines is 1. The van der Waals surface area contributed by atoms with Crippen LogP contribution in [-0.2, 0) is 4.79 Å². The number of benzene rings is 3. The van der Waals surface area contributed by atoms with E-state index in [-0.39, 0.29) is 5.91 Å². The normalized spacial score (nSPS) is 11.6. The van der Waals surface area contributed by atoms with Crippen molar-refractivity contribution in [1.29, 1.82) is 0 Å². The Morgan fingerprint density at radius 2 is 1.84 bits per heavy atom. The molecule has 0 aliphatic carbocycles. The van der Waals surface area contributed by atoms with Crippen LogP contribution in [0.1, 0.15) is 19.4 Å². The van der Waals surface area contributed by atoms with Gasteiger partial charge in [0.2, 0.25) is 5.91 Å². The van der Waals surface area contributed by atoms with E-state index in [9.17, 15) is 4.79 Å². The Hall–Kier alpha value is -3.21. The third-order valence-electron chi connectivity index (χ3n) is 5.01. The molecule has 162 valence electrons. The first-order valence-corrected chi connectivity index (χ1v) is 10.9. The second kappa shape index (κ2) is 9.51. The molecule has 0 aliphatic rings. The molecule has 1 aromatic heterocycles. The summed E-state index contributed by atoms with van der Waals surface area (Å²) in [4.78, 5) is 12.6. The number of allylic oxidation sites excluding steroid dienone is 1. The molecule has 3 aromatic carbocycles. The van der Waals surface area contributed by atoms with Gasteiger partial charge in [0.15, 0.2) is 0 Å². The molecule has 4 nitrogen and oxygen atoms in total. The largest absolute Gasteiger partial charge is 0.493 e. The number of nitrogens with one attached hydrogen (secondary N) is 1. The molecule has 0 saturated heterocycles. The summed E-state index contributed by atoms with van der Waals surface area (Å²) in [5.74, 6) is 0.425. The van der Waals surface area contributed by atoms with Crippen LogP contribution in [0, 0.1) is 0 Å². The molecule has 1 heterocycles. The van der Waals surface area contributed by atoms with Crippen LogP contribution in [-0.4, -0.2) is 12.5 Å². The summed E-state index contributed by atoms with van der Waals surface area (Å²) in [6.45, 7) is 4.28. The van der Waals surface area contributed by atoms with E-state index in [1.807, 2.05) is 62.4 Å². The number of carbonyl (C=O) groups is 1. The Morgan fingerprint density at radius 3 is 2.56 bits per heavy atom. The number of fused-ring (bicyclic) bond motifs is 1. The standard InChI is InChI=1S/C26H21Cl2NO3/c1-3-31-24-14-25-21(22(15-32-25)19-10-9-17(27)12-23(19)28)13-20(24)16(2)11-26(30)29-18-7-5-4-6-8-18/h4-15H,3H2,1-2H3,(H,29,30)/b16-11+. The summed E-state index contributed by atoms with van der Waals surface area (Å²) in [6.07, 6.45) is 3.23. The number of hydrogen-bond donors (Lipinski definition) is 1. The second-order valence-corrected chi connectivity index (χ2v) is 8.08. The highest BCUT2D eigenvalue weighted by Crippen LogP contribution is 2.40. The van der Waals surface area contributed by atoms with Crippen LogP contribution in [0.3, 0.4) is 0 Å². The van der Waals surface area contributed by atoms with Crippen LogP contribution >= 0.6 is 23.2 Å².